The van der Waals surface area contributed by atoms with Gasteiger partial charge >= 0.3 is 0 Å². The normalized spacial score (nSPS) is 10.8. The van der Waals surface area contributed by atoms with E-state index in [-0.39, 0.29) is 11.6 Å². The van der Waals surface area contributed by atoms with E-state index < -0.39 is 4.92 Å². The van der Waals surface area contributed by atoms with E-state index in [0.717, 1.165) is 19.5 Å². The van der Waals surface area contributed by atoms with Crippen LogP contribution in [0.1, 0.15) is 24.8 Å². The van der Waals surface area contributed by atoms with Gasteiger partial charge in [-0.05, 0) is 26.0 Å². The van der Waals surface area contributed by atoms with E-state index in [1.807, 2.05) is 0 Å². The molecule has 0 saturated heterocycles. The number of para-hydroxylation sites is 1. The highest BCUT2D eigenvalue weighted by Crippen LogP contribution is 2.31. The molecule has 0 fully saturated rings. The SMILES string of the molecule is CCCNCCc1nnc(-c2cccc(C)c2[N+](=O)[O-])o1. The summed E-state index contributed by atoms with van der Waals surface area (Å²) in [5.74, 6) is 0.667. The first-order valence-corrected chi connectivity index (χ1v) is 6.91. The molecule has 0 spiro atoms. The van der Waals surface area contributed by atoms with Crippen molar-refractivity contribution in [3.05, 3.63) is 39.8 Å². The molecule has 0 atom stereocenters. The second kappa shape index (κ2) is 6.94. The third-order valence-corrected chi connectivity index (χ3v) is 3.06. The minimum Gasteiger partial charge on any atom is -0.420 e. The van der Waals surface area contributed by atoms with E-state index in [4.69, 9.17) is 4.42 Å². The minimum absolute atomic E-state index is 0.0109. The number of rotatable bonds is 7. The average molecular weight is 290 g/mol. The highest BCUT2D eigenvalue weighted by Gasteiger charge is 2.22. The molecule has 1 aromatic heterocycles. The third kappa shape index (κ3) is 3.63. The predicted octanol–water partition coefficient (Wildman–Crippen LogP) is 2.50. The van der Waals surface area contributed by atoms with Gasteiger partial charge in [-0.1, -0.05) is 19.1 Å². The van der Waals surface area contributed by atoms with Crippen LogP contribution < -0.4 is 5.32 Å². The zero-order chi connectivity index (χ0) is 15.2. The molecule has 0 aliphatic carbocycles. The van der Waals surface area contributed by atoms with Crippen molar-refractivity contribution in [3.8, 4) is 11.5 Å². The third-order valence-electron chi connectivity index (χ3n) is 3.06. The van der Waals surface area contributed by atoms with Crippen LogP contribution in [0.2, 0.25) is 0 Å². The molecule has 1 aromatic carbocycles. The van der Waals surface area contributed by atoms with E-state index in [1.54, 1.807) is 25.1 Å². The standard InChI is InChI=1S/C14H18N4O3/c1-3-8-15-9-7-12-16-17-14(21-12)11-6-4-5-10(2)13(11)18(19)20/h4-6,15H,3,7-9H2,1-2H3. The summed E-state index contributed by atoms with van der Waals surface area (Å²) in [6.45, 7) is 5.46. The maximum atomic E-state index is 11.2. The summed E-state index contributed by atoms with van der Waals surface area (Å²) in [7, 11) is 0. The van der Waals surface area contributed by atoms with E-state index >= 15 is 0 Å². The summed E-state index contributed by atoms with van der Waals surface area (Å²) < 4.78 is 5.53. The first kappa shape index (κ1) is 15.1. The summed E-state index contributed by atoms with van der Waals surface area (Å²) in [6.07, 6.45) is 1.66. The first-order chi connectivity index (χ1) is 10.1. The highest BCUT2D eigenvalue weighted by atomic mass is 16.6. The van der Waals surface area contributed by atoms with Crippen LogP contribution in [0.4, 0.5) is 5.69 Å². The molecule has 0 amide bonds. The van der Waals surface area contributed by atoms with Gasteiger partial charge in [0.25, 0.3) is 11.6 Å². The Morgan fingerprint density at radius 2 is 2.14 bits per heavy atom. The van der Waals surface area contributed by atoms with Crippen LogP contribution in [0.15, 0.2) is 22.6 Å². The molecule has 2 rings (SSSR count). The van der Waals surface area contributed by atoms with Crippen LogP contribution >= 0.6 is 0 Å². The monoisotopic (exact) mass is 290 g/mol. The molecule has 7 heteroatoms. The number of hydrogen-bond donors (Lipinski definition) is 1. The number of nitrogens with zero attached hydrogens (tertiary/aromatic N) is 3. The molecule has 2 aromatic rings. The van der Waals surface area contributed by atoms with Crippen molar-refractivity contribution < 1.29 is 9.34 Å². The average Bonchev–Trinajstić information content (AvgIpc) is 2.91. The Morgan fingerprint density at radius 3 is 2.86 bits per heavy atom. The zero-order valence-electron chi connectivity index (χ0n) is 12.1. The van der Waals surface area contributed by atoms with Gasteiger partial charge in [-0.15, -0.1) is 10.2 Å². The van der Waals surface area contributed by atoms with Gasteiger partial charge in [0.15, 0.2) is 0 Å². The van der Waals surface area contributed by atoms with E-state index in [9.17, 15) is 10.1 Å². The summed E-state index contributed by atoms with van der Waals surface area (Å²) in [4.78, 5) is 10.8. The molecule has 0 radical (unpaired) electrons. The zero-order valence-corrected chi connectivity index (χ0v) is 12.1. The van der Waals surface area contributed by atoms with Crippen molar-refractivity contribution in [2.24, 2.45) is 0 Å². The first-order valence-electron chi connectivity index (χ1n) is 6.91. The van der Waals surface area contributed by atoms with Crippen LogP contribution in [0, 0.1) is 17.0 Å². The lowest BCUT2D eigenvalue weighted by atomic mass is 10.1. The Labute approximate surface area is 122 Å². The minimum atomic E-state index is -0.419. The molecule has 0 unspecified atom stereocenters. The molecule has 7 nitrogen and oxygen atoms in total. The Morgan fingerprint density at radius 1 is 1.33 bits per heavy atom. The van der Waals surface area contributed by atoms with Crippen molar-refractivity contribution in [1.29, 1.82) is 0 Å². The summed E-state index contributed by atoms with van der Waals surface area (Å²) >= 11 is 0. The topological polar surface area (TPSA) is 94.1 Å². The van der Waals surface area contributed by atoms with Gasteiger partial charge in [0.1, 0.15) is 5.56 Å². The molecule has 0 aliphatic rings. The van der Waals surface area contributed by atoms with E-state index in [2.05, 4.69) is 22.4 Å². The Bertz CT molecular complexity index is 624. The number of nitrogens with one attached hydrogen (secondary N) is 1. The van der Waals surface area contributed by atoms with Gasteiger partial charge in [0.05, 0.1) is 4.92 Å². The smallest absolute Gasteiger partial charge is 0.284 e. The van der Waals surface area contributed by atoms with Crippen molar-refractivity contribution in [2.45, 2.75) is 26.7 Å². The second-order valence-electron chi connectivity index (χ2n) is 4.73. The number of aromatic nitrogens is 2. The van der Waals surface area contributed by atoms with Crippen molar-refractivity contribution in [3.63, 3.8) is 0 Å². The Hall–Kier alpha value is -2.28. The predicted molar refractivity (Wildman–Crippen MR) is 78.0 cm³/mol. The van der Waals surface area contributed by atoms with Crippen LogP contribution in [0.5, 0.6) is 0 Å². The quantitative estimate of drug-likeness (QED) is 0.478. The molecule has 0 bridgehead atoms. The number of nitro groups is 1. The van der Waals surface area contributed by atoms with Crippen molar-refractivity contribution >= 4 is 5.69 Å². The highest BCUT2D eigenvalue weighted by molar-refractivity contribution is 5.69. The van der Waals surface area contributed by atoms with Crippen LogP contribution in [0.3, 0.4) is 0 Å². The summed E-state index contributed by atoms with van der Waals surface area (Å²) in [5.41, 5.74) is 0.943. The van der Waals surface area contributed by atoms with Gasteiger partial charge < -0.3 is 9.73 Å². The van der Waals surface area contributed by atoms with E-state index in [0.29, 0.717) is 23.4 Å². The molecule has 1 heterocycles. The number of aryl methyl sites for hydroxylation is 1. The second-order valence-corrected chi connectivity index (χ2v) is 4.73. The maximum Gasteiger partial charge on any atom is 0.284 e. The maximum absolute atomic E-state index is 11.2. The van der Waals surface area contributed by atoms with Crippen molar-refractivity contribution in [2.75, 3.05) is 13.1 Å². The van der Waals surface area contributed by atoms with E-state index in [1.165, 1.54) is 0 Å². The van der Waals surface area contributed by atoms with Gasteiger partial charge in [-0.3, -0.25) is 10.1 Å². The fourth-order valence-corrected chi connectivity index (χ4v) is 2.03. The lowest BCUT2D eigenvalue weighted by Crippen LogP contribution is -2.17. The number of hydrogen-bond acceptors (Lipinski definition) is 6. The lowest BCUT2D eigenvalue weighted by molar-refractivity contribution is -0.384. The van der Waals surface area contributed by atoms with Gasteiger partial charge in [-0.2, -0.15) is 0 Å². The molecule has 21 heavy (non-hydrogen) atoms. The largest absolute Gasteiger partial charge is 0.420 e. The molecule has 0 aliphatic heterocycles. The van der Waals surface area contributed by atoms with Gasteiger partial charge in [0, 0.05) is 18.5 Å². The van der Waals surface area contributed by atoms with Gasteiger partial charge in [0.2, 0.25) is 5.89 Å². The summed E-state index contributed by atoms with van der Waals surface area (Å²) in [6, 6.07) is 5.05. The molecular formula is C14H18N4O3. The van der Waals surface area contributed by atoms with Gasteiger partial charge in [-0.25, -0.2) is 0 Å². The lowest BCUT2D eigenvalue weighted by Gasteiger charge is -2.01. The number of nitro benzene ring substituents is 1. The van der Waals surface area contributed by atoms with Crippen LogP contribution in [-0.2, 0) is 6.42 Å². The number of benzene rings is 1. The Balaban J connectivity index is 2.18. The van der Waals surface area contributed by atoms with Crippen molar-refractivity contribution in [1.82, 2.24) is 15.5 Å². The fraction of sp³-hybridized carbons (Fsp3) is 0.429. The summed E-state index contributed by atoms with van der Waals surface area (Å²) in [5, 5.41) is 22.3. The fourth-order valence-electron chi connectivity index (χ4n) is 2.03. The molecule has 112 valence electrons. The molecule has 1 N–H and O–H groups in total. The molecule has 0 saturated carbocycles. The van der Waals surface area contributed by atoms with Crippen LogP contribution in [0.25, 0.3) is 11.5 Å². The molecular weight excluding hydrogens is 272 g/mol. The van der Waals surface area contributed by atoms with Crippen LogP contribution in [-0.4, -0.2) is 28.2 Å². The Kier molecular flexibility index (Phi) is 4.99.